The highest BCUT2D eigenvalue weighted by atomic mass is 16.6. The Hall–Kier alpha value is -3.47. The predicted octanol–water partition coefficient (Wildman–Crippen LogP) is 0.837. The first-order valence-corrected chi connectivity index (χ1v) is 10.1. The molecule has 33 heavy (non-hydrogen) atoms. The summed E-state index contributed by atoms with van der Waals surface area (Å²) in [4.78, 5) is 59.4. The molecular formula is C22H28O11. The molecule has 0 spiro atoms. The van der Waals surface area contributed by atoms with E-state index in [0.717, 1.165) is 12.5 Å². The van der Waals surface area contributed by atoms with E-state index in [4.69, 9.17) is 24.1 Å². The van der Waals surface area contributed by atoms with Crippen LogP contribution in [0.1, 0.15) is 40.2 Å². The van der Waals surface area contributed by atoms with E-state index in [1.54, 1.807) is 24.3 Å². The second kappa shape index (κ2) is 13.2. The molecule has 1 aromatic rings. The SMILES string of the molecule is C[C@H](O)C(=O)O[C@@H](C)C(=O)O[C@@H](C)C(=O)O[C@@H](C)C(=O)O[C@@H](C)C(=O)OCc1ccccc1. The van der Waals surface area contributed by atoms with Crippen LogP contribution >= 0.6 is 0 Å². The number of benzene rings is 1. The van der Waals surface area contributed by atoms with Crippen molar-refractivity contribution in [1.29, 1.82) is 0 Å². The molecule has 11 heteroatoms. The molecule has 5 atom stereocenters. The van der Waals surface area contributed by atoms with Crippen molar-refractivity contribution in [2.24, 2.45) is 0 Å². The standard InChI is InChI=1S/C22H28O11/c1-12(23)18(24)30-14(3)20(26)32-16(5)22(28)33-15(4)21(27)31-13(2)19(25)29-11-17-9-7-6-8-10-17/h6-10,12-16,23H,11H2,1-5H3/t12-,13-,14-,15-,16-/m0/s1. The van der Waals surface area contributed by atoms with Gasteiger partial charge in [-0.25, -0.2) is 24.0 Å². The Morgan fingerprint density at radius 3 is 1.39 bits per heavy atom. The van der Waals surface area contributed by atoms with E-state index in [1.807, 2.05) is 6.07 Å². The monoisotopic (exact) mass is 468 g/mol. The fraction of sp³-hybridized carbons (Fsp3) is 0.500. The number of rotatable bonds is 11. The van der Waals surface area contributed by atoms with Crippen molar-refractivity contribution >= 4 is 29.8 Å². The molecule has 0 aliphatic heterocycles. The zero-order valence-electron chi connectivity index (χ0n) is 19.0. The van der Waals surface area contributed by atoms with Gasteiger partial charge < -0.3 is 28.8 Å². The van der Waals surface area contributed by atoms with Crippen molar-refractivity contribution < 1.29 is 52.8 Å². The number of aliphatic hydroxyl groups is 1. The lowest BCUT2D eigenvalue weighted by Crippen LogP contribution is -2.38. The maximum atomic E-state index is 12.1. The summed E-state index contributed by atoms with van der Waals surface area (Å²) in [5.74, 6) is -4.96. The van der Waals surface area contributed by atoms with Crippen molar-refractivity contribution in [3.63, 3.8) is 0 Å². The van der Waals surface area contributed by atoms with E-state index in [2.05, 4.69) is 4.74 Å². The molecule has 0 aromatic heterocycles. The summed E-state index contributed by atoms with van der Waals surface area (Å²) in [6.07, 6.45) is -6.91. The maximum absolute atomic E-state index is 12.1. The summed E-state index contributed by atoms with van der Waals surface area (Å²) in [6.45, 7) is 6.05. The third-order valence-electron chi connectivity index (χ3n) is 4.06. The molecule has 0 amide bonds. The van der Waals surface area contributed by atoms with Crippen LogP contribution in [0.2, 0.25) is 0 Å². The number of esters is 5. The number of aliphatic hydroxyl groups excluding tert-OH is 1. The van der Waals surface area contributed by atoms with Crippen molar-refractivity contribution in [3.8, 4) is 0 Å². The molecule has 0 heterocycles. The maximum Gasteiger partial charge on any atom is 0.347 e. The van der Waals surface area contributed by atoms with Gasteiger partial charge in [0.05, 0.1) is 0 Å². The van der Waals surface area contributed by atoms with Gasteiger partial charge in [-0.05, 0) is 40.2 Å². The summed E-state index contributed by atoms with van der Waals surface area (Å²) in [7, 11) is 0. The Kier molecular flexibility index (Phi) is 11.0. The predicted molar refractivity (Wildman–Crippen MR) is 110 cm³/mol. The van der Waals surface area contributed by atoms with Gasteiger partial charge in [-0.1, -0.05) is 30.3 Å². The molecule has 0 aliphatic carbocycles. The Labute approximate surface area is 190 Å². The van der Waals surface area contributed by atoms with Crippen LogP contribution in [-0.4, -0.2) is 65.5 Å². The molecule has 1 aromatic carbocycles. The van der Waals surface area contributed by atoms with Crippen molar-refractivity contribution in [3.05, 3.63) is 35.9 Å². The Morgan fingerprint density at radius 1 is 0.636 bits per heavy atom. The van der Waals surface area contributed by atoms with E-state index >= 15 is 0 Å². The quantitative estimate of drug-likeness (QED) is 0.363. The first-order chi connectivity index (χ1) is 15.4. The van der Waals surface area contributed by atoms with Crippen LogP contribution in [0.25, 0.3) is 0 Å². The van der Waals surface area contributed by atoms with Crippen LogP contribution in [0.4, 0.5) is 0 Å². The number of carbonyl (C=O) groups excluding carboxylic acids is 5. The largest absolute Gasteiger partial charge is 0.458 e. The fourth-order valence-corrected chi connectivity index (χ4v) is 2.12. The average Bonchev–Trinajstić information content (AvgIpc) is 2.77. The molecule has 0 radical (unpaired) electrons. The van der Waals surface area contributed by atoms with Crippen LogP contribution in [0.5, 0.6) is 0 Å². The van der Waals surface area contributed by atoms with Gasteiger partial charge >= 0.3 is 29.8 Å². The Morgan fingerprint density at radius 2 is 1.00 bits per heavy atom. The summed E-state index contributed by atoms with van der Waals surface area (Å²) in [5.41, 5.74) is 0.755. The van der Waals surface area contributed by atoms with E-state index in [-0.39, 0.29) is 6.61 Å². The molecule has 1 rings (SSSR count). The highest BCUT2D eigenvalue weighted by Gasteiger charge is 2.30. The first kappa shape index (κ1) is 27.6. The summed E-state index contributed by atoms with van der Waals surface area (Å²) in [5, 5.41) is 9.08. The molecule has 0 saturated carbocycles. The minimum atomic E-state index is -1.44. The molecule has 0 fully saturated rings. The van der Waals surface area contributed by atoms with E-state index in [9.17, 15) is 24.0 Å². The zero-order chi connectivity index (χ0) is 25.1. The minimum Gasteiger partial charge on any atom is -0.458 e. The molecule has 11 nitrogen and oxygen atoms in total. The number of hydrogen-bond donors (Lipinski definition) is 1. The second-order valence-corrected chi connectivity index (χ2v) is 7.09. The summed E-state index contributed by atoms with van der Waals surface area (Å²) < 4.78 is 24.4. The lowest BCUT2D eigenvalue weighted by Gasteiger charge is -2.19. The highest BCUT2D eigenvalue weighted by Crippen LogP contribution is 2.08. The lowest BCUT2D eigenvalue weighted by molar-refractivity contribution is -0.185. The van der Waals surface area contributed by atoms with Gasteiger partial charge in [0.15, 0.2) is 24.4 Å². The molecule has 1 N–H and O–H groups in total. The normalized spacial score (nSPS) is 15.1. The van der Waals surface area contributed by atoms with Crippen LogP contribution in [0, 0.1) is 0 Å². The van der Waals surface area contributed by atoms with E-state index < -0.39 is 60.4 Å². The molecule has 0 aliphatic rings. The highest BCUT2D eigenvalue weighted by molar-refractivity contribution is 5.86. The fourth-order valence-electron chi connectivity index (χ4n) is 2.12. The molecule has 182 valence electrons. The van der Waals surface area contributed by atoms with Crippen molar-refractivity contribution in [1.82, 2.24) is 0 Å². The molecular weight excluding hydrogens is 440 g/mol. The zero-order valence-corrected chi connectivity index (χ0v) is 19.0. The third-order valence-corrected chi connectivity index (χ3v) is 4.06. The second-order valence-electron chi connectivity index (χ2n) is 7.09. The van der Waals surface area contributed by atoms with Gasteiger partial charge in [-0.2, -0.15) is 0 Å². The number of carbonyl (C=O) groups is 5. The van der Waals surface area contributed by atoms with Crippen molar-refractivity contribution in [2.45, 2.75) is 71.7 Å². The topological polar surface area (TPSA) is 152 Å². The van der Waals surface area contributed by atoms with Gasteiger partial charge in [0, 0.05) is 0 Å². The Balaban J connectivity index is 2.46. The van der Waals surface area contributed by atoms with Gasteiger partial charge in [-0.3, -0.25) is 0 Å². The van der Waals surface area contributed by atoms with Gasteiger partial charge in [-0.15, -0.1) is 0 Å². The average molecular weight is 468 g/mol. The first-order valence-electron chi connectivity index (χ1n) is 10.1. The van der Waals surface area contributed by atoms with Crippen LogP contribution in [0.3, 0.4) is 0 Å². The van der Waals surface area contributed by atoms with E-state index in [1.165, 1.54) is 27.7 Å². The van der Waals surface area contributed by atoms with Gasteiger partial charge in [0.2, 0.25) is 0 Å². The molecule has 0 saturated heterocycles. The van der Waals surface area contributed by atoms with Gasteiger partial charge in [0.25, 0.3) is 0 Å². The number of hydrogen-bond acceptors (Lipinski definition) is 11. The summed E-state index contributed by atoms with van der Waals surface area (Å²) >= 11 is 0. The molecule has 0 unspecified atom stereocenters. The van der Waals surface area contributed by atoms with Crippen molar-refractivity contribution in [2.75, 3.05) is 0 Å². The lowest BCUT2D eigenvalue weighted by atomic mass is 10.2. The van der Waals surface area contributed by atoms with E-state index in [0.29, 0.717) is 0 Å². The third kappa shape index (κ3) is 9.69. The smallest absolute Gasteiger partial charge is 0.347 e. The minimum absolute atomic E-state index is 0.0000632. The number of ether oxygens (including phenoxy) is 5. The van der Waals surface area contributed by atoms with Gasteiger partial charge in [0.1, 0.15) is 12.7 Å². The van der Waals surface area contributed by atoms with Crippen LogP contribution in [-0.2, 0) is 54.3 Å². The van der Waals surface area contributed by atoms with Crippen LogP contribution in [0.15, 0.2) is 30.3 Å². The molecule has 0 bridgehead atoms. The van der Waals surface area contributed by atoms with Crippen LogP contribution < -0.4 is 0 Å². The Bertz CT molecular complexity index is 834. The summed E-state index contributed by atoms with van der Waals surface area (Å²) in [6, 6.07) is 8.90.